The lowest BCUT2D eigenvalue weighted by Crippen LogP contribution is -2.18. The molecule has 0 bridgehead atoms. The molecule has 2 heteroatoms. The molecule has 2 aromatic carbocycles. The molecule has 0 spiro atoms. The molecule has 0 fully saturated rings. The highest BCUT2D eigenvalue weighted by atomic mass is 14.9. The van der Waals surface area contributed by atoms with Crippen LogP contribution in [0.1, 0.15) is 31.0 Å². The summed E-state index contributed by atoms with van der Waals surface area (Å²) in [7, 11) is 0. The SMILES string of the molecule is CCNC(C)c1ccccc1-c1cccc(C#N)c1. The van der Waals surface area contributed by atoms with Crippen molar-refractivity contribution >= 4 is 0 Å². The molecule has 0 saturated carbocycles. The van der Waals surface area contributed by atoms with Crippen LogP contribution in [0.3, 0.4) is 0 Å². The van der Waals surface area contributed by atoms with Crippen molar-refractivity contribution in [2.75, 3.05) is 6.54 Å². The molecule has 0 aliphatic heterocycles. The minimum atomic E-state index is 0.298. The fraction of sp³-hybridized carbons (Fsp3) is 0.235. The first-order valence-corrected chi connectivity index (χ1v) is 6.59. The van der Waals surface area contributed by atoms with E-state index in [0.29, 0.717) is 11.6 Å². The third-order valence-corrected chi connectivity index (χ3v) is 3.24. The van der Waals surface area contributed by atoms with E-state index < -0.39 is 0 Å². The Bertz CT molecular complexity index is 596. The van der Waals surface area contributed by atoms with Gasteiger partial charge in [-0.3, -0.25) is 0 Å². The Morgan fingerprint density at radius 2 is 1.95 bits per heavy atom. The van der Waals surface area contributed by atoms with Crippen molar-refractivity contribution in [1.82, 2.24) is 5.32 Å². The average Bonchev–Trinajstić information content (AvgIpc) is 2.47. The van der Waals surface area contributed by atoms with E-state index in [4.69, 9.17) is 5.26 Å². The average molecular weight is 250 g/mol. The third kappa shape index (κ3) is 3.01. The lowest BCUT2D eigenvalue weighted by Gasteiger charge is -2.17. The summed E-state index contributed by atoms with van der Waals surface area (Å²) >= 11 is 0. The fourth-order valence-corrected chi connectivity index (χ4v) is 2.31. The Morgan fingerprint density at radius 3 is 2.68 bits per heavy atom. The van der Waals surface area contributed by atoms with Crippen LogP contribution >= 0.6 is 0 Å². The van der Waals surface area contributed by atoms with Crippen LogP contribution in [-0.4, -0.2) is 6.54 Å². The molecule has 0 saturated heterocycles. The van der Waals surface area contributed by atoms with Gasteiger partial charge in [-0.05, 0) is 42.3 Å². The molecule has 0 aromatic heterocycles. The molecule has 0 amide bonds. The first kappa shape index (κ1) is 13.3. The Balaban J connectivity index is 2.47. The first-order valence-electron chi connectivity index (χ1n) is 6.59. The second kappa shape index (κ2) is 6.17. The van der Waals surface area contributed by atoms with Crippen LogP contribution in [-0.2, 0) is 0 Å². The maximum Gasteiger partial charge on any atom is 0.0991 e. The molecular formula is C17H18N2. The van der Waals surface area contributed by atoms with E-state index in [1.165, 1.54) is 11.1 Å². The first-order chi connectivity index (χ1) is 9.26. The molecule has 0 aliphatic rings. The van der Waals surface area contributed by atoms with Crippen LogP contribution in [0.4, 0.5) is 0 Å². The highest BCUT2D eigenvalue weighted by Crippen LogP contribution is 2.28. The van der Waals surface area contributed by atoms with Gasteiger partial charge in [-0.2, -0.15) is 5.26 Å². The van der Waals surface area contributed by atoms with Crippen molar-refractivity contribution in [2.24, 2.45) is 0 Å². The number of rotatable bonds is 4. The number of hydrogen-bond donors (Lipinski definition) is 1. The molecule has 1 atom stereocenters. The zero-order valence-electron chi connectivity index (χ0n) is 11.4. The summed E-state index contributed by atoms with van der Waals surface area (Å²) in [4.78, 5) is 0. The molecule has 0 aliphatic carbocycles. The summed E-state index contributed by atoms with van der Waals surface area (Å²) < 4.78 is 0. The summed E-state index contributed by atoms with van der Waals surface area (Å²) in [6, 6.07) is 18.6. The van der Waals surface area contributed by atoms with E-state index in [9.17, 15) is 0 Å². The van der Waals surface area contributed by atoms with Crippen molar-refractivity contribution in [3.05, 3.63) is 59.7 Å². The second-order valence-corrected chi connectivity index (χ2v) is 4.56. The molecule has 2 nitrogen and oxygen atoms in total. The number of nitriles is 1. The monoisotopic (exact) mass is 250 g/mol. The molecule has 19 heavy (non-hydrogen) atoms. The lowest BCUT2D eigenvalue weighted by atomic mass is 9.94. The van der Waals surface area contributed by atoms with Crippen LogP contribution < -0.4 is 5.32 Å². The van der Waals surface area contributed by atoms with Gasteiger partial charge in [-0.15, -0.1) is 0 Å². The summed E-state index contributed by atoms with van der Waals surface area (Å²) in [5.74, 6) is 0. The maximum atomic E-state index is 9.01. The predicted molar refractivity (Wildman–Crippen MR) is 78.7 cm³/mol. The van der Waals surface area contributed by atoms with Gasteiger partial charge in [-0.25, -0.2) is 0 Å². The highest BCUT2D eigenvalue weighted by Gasteiger charge is 2.10. The van der Waals surface area contributed by atoms with Gasteiger partial charge >= 0.3 is 0 Å². The molecule has 2 aromatic rings. The van der Waals surface area contributed by atoms with Gasteiger partial charge in [0.1, 0.15) is 0 Å². The standard InChI is InChI=1S/C17H18N2/c1-3-19-13(2)16-9-4-5-10-17(16)15-8-6-7-14(11-15)12-18/h4-11,13,19H,3H2,1-2H3. The van der Waals surface area contributed by atoms with Gasteiger partial charge in [-0.1, -0.05) is 43.3 Å². The molecular weight excluding hydrogens is 232 g/mol. The maximum absolute atomic E-state index is 9.01. The topological polar surface area (TPSA) is 35.8 Å². The van der Waals surface area contributed by atoms with Gasteiger partial charge in [0.05, 0.1) is 11.6 Å². The summed E-state index contributed by atoms with van der Waals surface area (Å²) in [6.07, 6.45) is 0. The number of nitrogens with one attached hydrogen (secondary N) is 1. The van der Waals surface area contributed by atoms with Crippen molar-refractivity contribution in [1.29, 1.82) is 5.26 Å². The van der Waals surface area contributed by atoms with Crippen molar-refractivity contribution < 1.29 is 0 Å². The predicted octanol–water partition coefficient (Wildman–Crippen LogP) is 3.90. The van der Waals surface area contributed by atoms with Gasteiger partial charge in [0.25, 0.3) is 0 Å². The Labute approximate surface area is 114 Å². The number of nitrogens with zero attached hydrogens (tertiary/aromatic N) is 1. The Hall–Kier alpha value is -2.11. The van der Waals surface area contributed by atoms with E-state index >= 15 is 0 Å². The van der Waals surface area contributed by atoms with E-state index in [-0.39, 0.29) is 0 Å². The fourth-order valence-electron chi connectivity index (χ4n) is 2.31. The third-order valence-electron chi connectivity index (χ3n) is 3.24. The second-order valence-electron chi connectivity index (χ2n) is 4.56. The molecule has 0 radical (unpaired) electrons. The zero-order valence-corrected chi connectivity index (χ0v) is 11.4. The van der Waals surface area contributed by atoms with Crippen molar-refractivity contribution in [2.45, 2.75) is 19.9 Å². The van der Waals surface area contributed by atoms with Crippen LogP contribution in [0.2, 0.25) is 0 Å². The molecule has 1 N–H and O–H groups in total. The zero-order chi connectivity index (χ0) is 13.7. The smallest absolute Gasteiger partial charge is 0.0991 e. The van der Waals surface area contributed by atoms with Crippen molar-refractivity contribution in [3.8, 4) is 17.2 Å². The molecule has 2 rings (SSSR count). The van der Waals surface area contributed by atoms with Gasteiger partial charge in [0, 0.05) is 6.04 Å². The van der Waals surface area contributed by atoms with E-state index in [0.717, 1.165) is 12.1 Å². The normalized spacial score (nSPS) is 11.8. The van der Waals surface area contributed by atoms with E-state index in [2.05, 4.69) is 49.5 Å². The van der Waals surface area contributed by atoms with E-state index in [1.807, 2.05) is 24.3 Å². The minimum absolute atomic E-state index is 0.298. The lowest BCUT2D eigenvalue weighted by molar-refractivity contribution is 0.599. The van der Waals surface area contributed by atoms with Gasteiger partial charge in [0.15, 0.2) is 0 Å². The van der Waals surface area contributed by atoms with Gasteiger partial charge < -0.3 is 5.32 Å². The van der Waals surface area contributed by atoms with E-state index in [1.54, 1.807) is 0 Å². The molecule has 1 unspecified atom stereocenters. The van der Waals surface area contributed by atoms with Crippen LogP contribution in [0.15, 0.2) is 48.5 Å². The summed E-state index contributed by atoms with van der Waals surface area (Å²) in [5.41, 5.74) is 4.25. The minimum Gasteiger partial charge on any atom is -0.310 e. The van der Waals surface area contributed by atoms with Gasteiger partial charge in [0.2, 0.25) is 0 Å². The van der Waals surface area contributed by atoms with Crippen molar-refractivity contribution in [3.63, 3.8) is 0 Å². The number of hydrogen-bond acceptors (Lipinski definition) is 2. The molecule has 96 valence electrons. The Kier molecular flexibility index (Phi) is 4.33. The number of benzene rings is 2. The summed E-state index contributed by atoms with van der Waals surface area (Å²) in [6.45, 7) is 5.21. The molecule has 0 heterocycles. The summed E-state index contributed by atoms with van der Waals surface area (Å²) in [5, 5.41) is 12.4. The highest BCUT2D eigenvalue weighted by molar-refractivity contribution is 5.69. The van der Waals surface area contributed by atoms with Crippen LogP contribution in [0.5, 0.6) is 0 Å². The largest absolute Gasteiger partial charge is 0.310 e. The van der Waals surface area contributed by atoms with Crippen LogP contribution in [0, 0.1) is 11.3 Å². The quantitative estimate of drug-likeness (QED) is 0.893. The van der Waals surface area contributed by atoms with Crippen LogP contribution in [0.25, 0.3) is 11.1 Å². The Morgan fingerprint density at radius 1 is 1.16 bits per heavy atom.